The summed E-state index contributed by atoms with van der Waals surface area (Å²) in [4.78, 5) is 26.2. The molecule has 1 aliphatic rings. The molecule has 0 aliphatic carbocycles. The lowest BCUT2D eigenvalue weighted by Gasteiger charge is -2.26. The predicted molar refractivity (Wildman–Crippen MR) is 123 cm³/mol. The normalized spacial score (nSPS) is 14.1. The van der Waals surface area contributed by atoms with Crippen LogP contribution in [0.5, 0.6) is 5.88 Å². The number of aromatic carboxylic acids is 1. The summed E-state index contributed by atoms with van der Waals surface area (Å²) in [5, 5.41) is 14.7. The zero-order valence-corrected chi connectivity index (χ0v) is 19.7. The van der Waals surface area contributed by atoms with Gasteiger partial charge in [-0.15, -0.1) is 0 Å². The fourth-order valence-corrected chi connectivity index (χ4v) is 4.16. The summed E-state index contributed by atoms with van der Waals surface area (Å²) in [5.41, 5.74) is -0.179. The maximum Gasteiger partial charge on any atom is 0.344 e. The summed E-state index contributed by atoms with van der Waals surface area (Å²) in [6.07, 6.45) is 2.02. The van der Waals surface area contributed by atoms with Crippen LogP contribution >= 0.6 is 11.5 Å². The number of morpholine rings is 1. The van der Waals surface area contributed by atoms with Gasteiger partial charge >= 0.3 is 12.0 Å². The first-order valence-electron chi connectivity index (χ1n) is 11.1. The molecule has 1 aliphatic heterocycles. The molecule has 0 radical (unpaired) electrons. The number of urea groups is 1. The van der Waals surface area contributed by atoms with E-state index in [0.29, 0.717) is 13.0 Å². The fraction of sp³-hybridized carbons (Fsp3) is 0.500. The molecule has 12 heteroatoms. The lowest BCUT2D eigenvalue weighted by atomic mass is 10.1. The molecule has 0 spiro atoms. The minimum atomic E-state index is -1.36. The van der Waals surface area contributed by atoms with E-state index in [9.17, 15) is 23.5 Å². The number of carboxylic acid groups (broad SMARTS) is 1. The van der Waals surface area contributed by atoms with Crippen LogP contribution < -0.4 is 15.4 Å². The number of benzene rings is 1. The van der Waals surface area contributed by atoms with Crippen molar-refractivity contribution >= 4 is 28.5 Å². The first-order valence-corrected chi connectivity index (χ1v) is 11.8. The van der Waals surface area contributed by atoms with E-state index in [1.54, 1.807) is 6.92 Å². The molecule has 2 amide bonds. The highest BCUT2D eigenvalue weighted by Crippen LogP contribution is 2.31. The van der Waals surface area contributed by atoms with E-state index in [1.807, 2.05) is 0 Å². The lowest BCUT2D eigenvalue weighted by molar-refractivity contribution is 0.0372. The van der Waals surface area contributed by atoms with Crippen LogP contribution in [0.4, 0.5) is 18.6 Å². The zero-order chi connectivity index (χ0) is 24.5. The first-order chi connectivity index (χ1) is 16.4. The molecule has 0 saturated carbocycles. The van der Waals surface area contributed by atoms with Gasteiger partial charge in [-0.25, -0.2) is 18.4 Å². The largest absolute Gasteiger partial charge is 0.477 e. The number of hydrogen-bond acceptors (Lipinski definition) is 7. The average molecular weight is 499 g/mol. The minimum absolute atomic E-state index is 0.0127. The van der Waals surface area contributed by atoms with Gasteiger partial charge in [-0.1, -0.05) is 19.1 Å². The van der Waals surface area contributed by atoms with Crippen molar-refractivity contribution in [1.29, 1.82) is 0 Å². The number of carboxylic acids is 1. The van der Waals surface area contributed by atoms with Crippen LogP contribution in [0.2, 0.25) is 0 Å². The topological polar surface area (TPSA) is 113 Å². The van der Waals surface area contributed by atoms with Gasteiger partial charge in [-0.2, -0.15) is 4.37 Å². The molecule has 186 valence electrons. The molecule has 9 nitrogen and oxygen atoms in total. The van der Waals surface area contributed by atoms with Crippen molar-refractivity contribution in [2.24, 2.45) is 0 Å². The van der Waals surface area contributed by atoms with Gasteiger partial charge in [-0.3, -0.25) is 10.2 Å². The Balaban J connectivity index is 1.50. The van der Waals surface area contributed by atoms with Crippen LogP contribution in [0.15, 0.2) is 12.1 Å². The number of halogens is 2. The van der Waals surface area contributed by atoms with Crippen molar-refractivity contribution in [3.05, 3.63) is 40.5 Å². The number of carbonyl (C=O) groups excluding carboxylic acids is 1. The van der Waals surface area contributed by atoms with E-state index in [2.05, 4.69) is 19.9 Å². The molecule has 1 saturated heterocycles. The maximum atomic E-state index is 14.2. The minimum Gasteiger partial charge on any atom is -0.477 e. The summed E-state index contributed by atoms with van der Waals surface area (Å²) in [6.45, 7) is 5.95. The molecule has 1 aromatic carbocycles. The number of unbranched alkanes of at least 4 members (excludes halogenated alkanes) is 1. The summed E-state index contributed by atoms with van der Waals surface area (Å²) >= 11 is 0.730. The van der Waals surface area contributed by atoms with Crippen molar-refractivity contribution < 1.29 is 33.0 Å². The number of rotatable bonds is 11. The Morgan fingerprint density at radius 3 is 2.62 bits per heavy atom. The average Bonchev–Trinajstić information content (AvgIpc) is 3.23. The van der Waals surface area contributed by atoms with Gasteiger partial charge in [0.15, 0.2) is 17.2 Å². The van der Waals surface area contributed by atoms with E-state index in [-0.39, 0.29) is 27.6 Å². The van der Waals surface area contributed by atoms with Gasteiger partial charge in [-0.05, 0) is 42.9 Å². The molecular weight excluding hydrogens is 470 g/mol. The predicted octanol–water partition coefficient (Wildman–Crippen LogP) is 3.49. The Morgan fingerprint density at radius 2 is 1.91 bits per heavy atom. The molecule has 1 fully saturated rings. The van der Waals surface area contributed by atoms with Crippen LogP contribution in [0.3, 0.4) is 0 Å². The number of carbonyl (C=O) groups is 2. The number of nitrogens with one attached hydrogen (secondary N) is 2. The molecule has 0 unspecified atom stereocenters. The number of aromatic nitrogens is 1. The molecule has 0 atom stereocenters. The maximum absolute atomic E-state index is 14.2. The third-order valence-electron chi connectivity index (χ3n) is 5.38. The Morgan fingerprint density at radius 1 is 1.21 bits per heavy atom. The van der Waals surface area contributed by atoms with E-state index in [4.69, 9.17) is 9.47 Å². The number of hydrogen-bond donors (Lipinski definition) is 3. The summed E-state index contributed by atoms with van der Waals surface area (Å²) in [6, 6.07) is 2.27. The lowest BCUT2D eigenvalue weighted by Crippen LogP contribution is -2.37. The molecule has 1 aromatic heterocycles. The smallest absolute Gasteiger partial charge is 0.344 e. The van der Waals surface area contributed by atoms with E-state index >= 15 is 0 Å². The SMILES string of the molecule is CCc1ccc(COc2nsc(NC(=O)NCCCCN3CCOCC3)c2C(=O)O)c(F)c1F. The van der Waals surface area contributed by atoms with Crippen molar-refractivity contribution in [2.75, 3.05) is 44.7 Å². The highest BCUT2D eigenvalue weighted by atomic mass is 32.1. The number of anilines is 1. The second kappa shape index (κ2) is 12.6. The zero-order valence-electron chi connectivity index (χ0n) is 18.9. The second-order valence-corrected chi connectivity index (χ2v) is 8.47. The number of aryl methyl sites for hydroxylation is 1. The molecule has 34 heavy (non-hydrogen) atoms. The highest BCUT2D eigenvalue weighted by molar-refractivity contribution is 7.11. The van der Waals surface area contributed by atoms with Crippen LogP contribution in [0.1, 0.15) is 41.3 Å². The summed E-state index contributed by atoms with van der Waals surface area (Å²) < 4.78 is 42.8. The van der Waals surface area contributed by atoms with Crippen LogP contribution in [0, 0.1) is 11.6 Å². The molecule has 3 rings (SSSR count). The van der Waals surface area contributed by atoms with Crippen molar-refractivity contribution in [3.8, 4) is 5.88 Å². The van der Waals surface area contributed by atoms with Crippen LogP contribution in [-0.2, 0) is 17.8 Å². The van der Waals surface area contributed by atoms with E-state index in [1.165, 1.54) is 12.1 Å². The van der Waals surface area contributed by atoms with E-state index in [0.717, 1.165) is 57.2 Å². The highest BCUT2D eigenvalue weighted by Gasteiger charge is 2.24. The summed E-state index contributed by atoms with van der Waals surface area (Å²) in [5.74, 6) is -3.64. The third kappa shape index (κ3) is 6.84. The van der Waals surface area contributed by atoms with Crippen molar-refractivity contribution in [3.63, 3.8) is 0 Å². The monoisotopic (exact) mass is 498 g/mol. The number of amides is 2. The fourth-order valence-electron chi connectivity index (χ4n) is 3.44. The Labute approximate surface area is 200 Å². The quantitative estimate of drug-likeness (QED) is 0.407. The molecule has 2 heterocycles. The third-order valence-corrected chi connectivity index (χ3v) is 6.13. The van der Waals surface area contributed by atoms with E-state index < -0.39 is 30.2 Å². The standard InChI is InChI=1S/C22H28F2N4O5S/c1-2-14-5-6-15(18(24)17(14)23)13-33-19-16(21(29)30)20(34-27-19)26-22(31)25-7-3-4-8-28-9-11-32-12-10-28/h5-6H,2-4,7-13H2,1H3,(H,29,30)(H2,25,26,31). The summed E-state index contributed by atoms with van der Waals surface area (Å²) in [7, 11) is 0. The van der Waals surface area contributed by atoms with Crippen LogP contribution in [0.25, 0.3) is 0 Å². The van der Waals surface area contributed by atoms with Gasteiger partial charge < -0.3 is 19.9 Å². The van der Waals surface area contributed by atoms with Gasteiger partial charge in [0.1, 0.15) is 11.6 Å². The molecule has 2 aromatic rings. The second-order valence-electron chi connectivity index (χ2n) is 7.69. The first kappa shape index (κ1) is 25.8. The number of nitrogens with zero attached hydrogens (tertiary/aromatic N) is 2. The van der Waals surface area contributed by atoms with Crippen LogP contribution in [-0.4, -0.2) is 65.8 Å². The Hall–Kier alpha value is -2.83. The van der Waals surface area contributed by atoms with Gasteiger partial charge in [0, 0.05) is 25.2 Å². The molecular formula is C22H28F2N4O5S. The molecule has 3 N–H and O–H groups in total. The van der Waals surface area contributed by atoms with Gasteiger partial charge in [0.25, 0.3) is 0 Å². The van der Waals surface area contributed by atoms with Gasteiger partial charge in [0.2, 0.25) is 5.88 Å². The molecule has 0 bridgehead atoms. The Bertz CT molecular complexity index is 998. The van der Waals surface area contributed by atoms with Gasteiger partial charge in [0.05, 0.1) is 13.2 Å². The van der Waals surface area contributed by atoms with Crippen molar-refractivity contribution in [1.82, 2.24) is 14.6 Å². The Kier molecular flexibility index (Phi) is 9.54. The number of ether oxygens (including phenoxy) is 2. The van der Waals surface area contributed by atoms with Crippen molar-refractivity contribution in [2.45, 2.75) is 32.8 Å².